The van der Waals surface area contributed by atoms with Crippen LogP contribution in [0.4, 0.5) is 0 Å². The lowest BCUT2D eigenvalue weighted by atomic mass is 9.81. The molecule has 0 rings (SSSR count). The van der Waals surface area contributed by atoms with Crippen molar-refractivity contribution in [2.75, 3.05) is 0 Å². The van der Waals surface area contributed by atoms with E-state index in [1.54, 1.807) is 0 Å². The Morgan fingerprint density at radius 3 is 2.19 bits per heavy atom. The first-order valence-corrected chi connectivity index (χ1v) is 7.04. The summed E-state index contributed by atoms with van der Waals surface area (Å²) in [5, 5.41) is 0. The number of hydrogen-bond donors (Lipinski definition) is 0. The maximum Gasteiger partial charge on any atom is -0.0265 e. The molecule has 96 valence electrons. The van der Waals surface area contributed by atoms with Crippen molar-refractivity contribution < 1.29 is 0 Å². The Balaban J connectivity index is 3.77. The fourth-order valence-corrected chi connectivity index (χ4v) is 1.74. The van der Waals surface area contributed by atoms with E-state index < -0.39 is 0 Å². The zero-order valence-electron chi connectivity index (χ0n) is 12.3. The summed E-state index contributed by atoms with van der Waals surface area (Å²) in [6.45, 7) is 14.0. The number of hydrogen-bond acceptors (Lipinski definition) is 0. The van der Waals surface area contributed by atoms with Crippen molar-refractivity contribution in [3.63, 3.8) is 0 Å². The van der Waals surface area contributed by atoms with Crippen LogP contribution in [0.15, 0.2) is 12.2 Å². The van der Waals surface area contributed by atoms with Crippen molar-refractivity contribution in [2.24, 2.45) is 17.3 Å². The third kappa shape index (κ3) is 9.00. The van der Waals surface area contributed by atoms with Crippen LogP contribution in [0, 0.1) is 17.3 Å². The Labute approximate surface area is 104 Å². The molecule has 0 spiro atoms. The quantitative estimate of drug-likeness (QED) is 0.455. The molecule has 1 unspecified atom stereocenters. The summed E-state index contributed by atoms with van der Waals surface area (Å²) < 4.78 is 0. The van der Waals surface area contributed by atoms with E-state index in [9.17, 15) is 0 Å². The second-order valence-corrected chi connectivity index (χ2v) is 6.45. The SMILES string of the molecule is CCC(C)C=CCCC(C)(C)CCC(C)C. The van der Waals surface area contributed by atoms with Crippen LogP contribution in [0.25, 0.3) is 0 Å². The third-order valence-electron chi connectivity index (χ3n) is 3.49. The van der Waals surface area contributed by atoms with Gasteiger partial charge in [-0.2, -0.15) is 0 Å². The van der Waals surface area contributed by atoms with E-state index in [2.05, 4.69) is 53.7 Å². The summed E-state index contributed by atoms with van der Waals surface area (Å²) in [7, 11) is 0. The highest BCUT2D eigenvalue weighted by Crippen LogP contribution is 2.30. The maximum atomic E-state index is 2.41. The monoisotopic (exact) mass is 224 g/mol. The Kier molecular flexibility index (Phi) is 7.80. The molecule has 0 heteroatoms. The minimum Gasteiger partial charge on any atom is -0.0883 e. The van der Waals surface area contributed by atoms with Crippen LogP contribution in [-0.2, 0) is 0 Å². The van der Waals surface area contributed by atoms with Crippen LogP contribution >= 0.6 is 0 Å². The van der Waals surface area contributed by atoms with Crippen LogP contribution < -0.4 is 0 Å². The highest BCUT2D eigenvalue weighted by Gasteiger charge is 2.16. The molecule has 0 aliphatic carbocycles. The molecule has 0 N–H and O–H groups in total. The van der Waals surface area contributed by atoms with Gasteiger partial charge in [-0.1, -0.05) is 66.5 Å². The minimum atomic E-state index is 0.518. The summed E-state index contributed by atoms with van der Waals surface area (Å²) in [6, 6.07) is 0. The molecule has 0 saturated carbocycles. The Morgan fingerprint density at radius 1 is 1.06 bits per heavy atom. The average molecular weight is 224 g/mol. The zero-order chi connectivity index (χ0) is 12.6. The molecular weight excluding hydrogens is 192 g/mol. The van der Waals surface area contributed by atoms with Crippen LogP contribution in [0.5, 0.6) is 0 Å². The normalized spacial score (nSPS) is 14.9. The number of rotatable bonds is 8. The second kappa shape index (κ2) is 7.92. The van der Waals surface area contributed by atoms with Gasteiger partial charge in [-0.05, 0) is 36.5 Å². The summed E-state index contributed by atoms with van der Waals surface area (Å²) in [6.07, 6.45) is 11.3. The van der Waals surface area contributed by atoms with E-state index in [1.807, 2.05) is 0 Å². The van der Waals surface area contributed by atoms with Crippen molar-refractivity contribution in [2.45, 2.75) is 73.6 Å². The van der Waals surface area contributed by atoms with Gasteiger partial charge in [-0.25, -0.2) is 0 Å². The predicted molar refractivity (Wildman–Crippen MR) is 75.7 cm³/mol. The smallest absolute Gasteiger partial charge is 0.0265 e. The Morgan fingerprint density at radius 2 is 1.69 bits per heavy atom. The van der Waals surface area contributed by atoms with Crippen molar-refractivity contribution in [1.29, 1.82) is 0 Å². The molecule has 0 aliphatic rings. The Bertz CT molecular complexity index is 186. The molecule has 0 aliphatic heterocycles. The lowest BCUT2D eigenvalue weighted by Gasteiger charge is -2.25. The van der Waals surface area contributed by atoms with Crippen molar-refractivity contribution in [1.82, 2.24) is 0 Å². The first-order valence-electron chi connectivity index (χ1n) is 7.04. The van der Waals surface area contributed by atoms with E-state index in [1.165, 1.54) is 32.1 Å². The van der Waals surface area contributed by atoms with Gasteiger partial charge < -0.3 is 0 Å². The van der Waals surface area contributed by atoms with Gasteiger partial charge >= 0.3 is 0 Å². The molecule has 0 heterocycles. The van der Waals surface area contributed by atoms with Crippen LogP contribution in [0.2, 0.25) is 0 Å². The largest absolute Gasteiger partial charge is 0.0883 e. The molecule has 16 heavy (non-hydrogen) atoms. The fraction of sp³-hybridized carbons (Fsp3) is 0.875. The maximum absolute atomic E-state index is 2.41. The van der Waals surface area contributed by atoms with E-state index in [-0.39, 0.29) is 0 Å². The molecule has 0 amide bonds. The predicted octanol–water partition coefficient (Wildman–Crippen LogP) is 5.83. The standard InChI is InChI=1S/C16H32/c1-7-15(4)10-8-9-12-16(5,6)13-11-14(2)3/h8,10,14-15H,7,9,11-13H2,1-6H3. The van der Waals surface area contributed by atoms with Gasteiger partial charge in [0.15, 0.2) is 0 Å². The molecule has 0 saturated heterocycles. The zero-order valence-corrected chi connectivity index (χ0v) is 12.3. The van der Waals surface area contributed by atoms with E-state index >= 15 is 0 Å². The lowest BCUT2D eigenvalue weighted by Crippen LogP contribution is -2.11. The minimum absolute atomic E-state index is 0.518. The van der Waals surface area contributed by atoms with Crippen LogP contribution in [-0.4, -0.2) is 0 Å². The van der Waals surface area contributed by atoms with Crippen molar-refractivity contribution in [3.05, 3.63) is 12.2 Å². The highest BCUT2D eigenvalue weighted by molar-refractivity contribution is 4.87. The summed E-state index contributed by atoms with van der Waals surface area (Å²) in [4.78, 5) is 0. The average Bonchev–Trinajstić information content (AvgIpc) is 2.21. The molecule has 0 radical (unpaired) electrons. The van der Waals surface area contributed by atoms with E-state index in [4.69, 9.17) is 0 Å². The van der Waals surface area contributed by atoms with Gasteiger partial charge in [0.25, 0.3) is 0 Å². The van der Waals surface area contributed by atoms with E-state index in [0.29, 0.717) is 5.41 Å². The van der Waals surface area contributed by atoms with Gasteiger partial charge in [0, 0.05) is 0 Å². The van der Waals surface area contributed by atoms with Crippen molar-refractivity contribution >= 4 is 0 Å². The van der Waals surface area contributed by atoms with Gasteiger partial charge in [0.1, 0.15) is 0 Å². The fourth-order valence-electron chi connectivity index (χ4n) is 1.74. The lowest BCUT2D eigenvalue weighted by molar-refractivity contribution is 0.283. The summed E-state index contributed by atoms with van der Waals surface area (Å²) in [5.74, 6) is 1.59. The van der Waals surface area contributed by atoms with E-state index in [0.717, 1.165) is 11.8 Å². The molecule has 0 bridgehead atoms. The molecule has 1 atom stereocenters. The number of allylic oxidation sites excluding steroid dienone is 2. The molecular formula is C16H32. The Hall–Kier alpha value is -0.260. The topological polar surface area (TPSA) is 0 Å². The van der Waals surface area contributed by atoms with Gasteiger partial charge in [-0.3, -0.25) is 0 Å². The first kappa shape index (κ1) is 15.7. The van der Waals surface area contributed by atoms with Gasteiger partial charge in [0.2, 0.25) is 0 Å². The first-order chi connectivity index (χ1) is 7.37. The highest BCUT2D eigenvalue weighted by atomic mass is 14.2. The van der Waals surface area contributed by atoms with Crippen molar-refractivity contribution in [3.8, 4) is 0 Å². The van der Waals surface area contributed by atoms with Crippen LogP contribution in [0.1, 0.15) is 73.6 Å². The van der Waals surface area contributed by atoms with Gasteiger partial charge in [0.05, 0.1) is 0 Å². The molecule has 0 aromatic rings. The van der Waals surface area contributed by atoms with Crippen LogP contribution in [0.3, 0.4) is 0 Å². The molecule has 0 aromatic carbocycles. The molecule has 0 fully saturated rings. The molecule has 0 aromatic heterocycles. The van der Waals surface area contributed by atoms with Gasteiger partial charge in [-0.15, -0.1) is 0 Å². The summed E-state index contributed by atoms with van der Waals surface area (Å²) >= 11 is 0. The second-order valence-electron chi connectivity index (χ2n) is 6.45. The molecule has 0 nitrogen and oxygen atoms in total. The summed E-state index contributed by atoms with van der Waals surface area (Å²) in [5.41, 5.74) is 0.518. The third-order valence-corrected chi connectivity index (χ3v) is 3.49.